The van der Waals surface area contributed by atoms with Crippen LogP contribution < -0.4 is 38.5 Å². The van der Waals surface area contributed by atoms with E-state index in [1.165, 1.54) is 18.7 Å². The van der Waals surface area contributed by atoms with Crippen molar-refractivity contribution in [2.24, 2.45) is 28.1 Å². The van der Waals surface area contributed by atoms with Gasteiger partial charge in [-0.2, -0.15) is 0 Å². The Balaban J connectivity index is 1.48. The van der Waals surface area contributed by atoms with Gasteiger partial charge in [0, 0.05) is 36.7 Å². The van der Waals surface area contributed by atoms with Crippen molar-refractivity contribution in [3.63, 3.8) is 0 Å². The average molecular weight is 870 g/mol. The summed E-state index contributed by atoms with van der Waals surface area (Å²) in [5.41, 5.74) is 18.9. The SMILES string of the molecule is CC(C)C[C@H](NC(=O)[C@@H]1CCCN1C(=O)[C@H](CCCN=C(N)N)NC(=O)[C@@H](NC(=O)[C@@H](N)Cc1c[nH]c2ccccc12)[C@@H](C)O)C(=O)N[C@H](C(=O)N1CCC[C@H]1C(=O)O)[C@@H](C)O. The number of guanidine groups is 1. The summed E-state index contributed by atoms with van der Waals surface area (Å²) >= 11 is 0. The molecule has 0 saturated carbocycles. The highest BCUT2D eigenvalue weighted by atomic mass is 16.4. The smallest absolute Gasteiger partial charge is 0.326 e. The predicted molar refractivity (Wildman–Crippen MR) is 228 cm³/mol. The fraction of sp³-hybridized carbons (Fsp3) is 0.610. The number of aromatic amines is 1. The largest absolute Gasteiger partial charge is 0.480 e. The number of fused-ring (bicyclic) bond motifs is 1. The average Bonchev–Trinajstić information content (AvgIpc) is 3.99. The van der Waals surface area contributed by atoms with Crippen LogP contribution >= 0.6 is 0 Å². The summed E-state index contributed by atoms with van der Waals surface area (Å²) in [4.78, 5) is 104. The number of nitrogens with one attached hydrogen (secondary N) is 5. The zero-order valence-electron chi connectivity index (χ0n) is 35.7. The molecule has 3 heterocycles. The van der Waals surface area contributed by atoms with Crippen LogP contribution in [0.15, 0.2) is 35.5 Å². The number of carboxylic acid groups (broad SMARTS) is 1. The van der Waals surface area contributed by atoms with Crippen molar-refractivity contribution in [3.05, 3.63) is 36.0 Å². The third-order valence-electron chi connectivity index (χ3n) is 11.1. The number of likely N-dealkylation sites (tertiary alicyclic amines) is 2. The lowest BCUT2D eigenvalue weighted by Gasteiger charge is -2.32. The quantitative estimate of drug-likeness (QED) is 0.0365. The number of para-hydroxylation sites is 1. The zero-order chi connectivity index (χ0) is 45.8. The first-order valence-corrected chi connectivity index (χ1v) is 21.1. The van der Waals surface area contributed by atoms with E-state index in [1.807, 2.05) is 38.1 Å². The minimum absolute atomic E-state index is 0.000356. The highest BCUT2D eigenvalue weighted by Crippen LogP contribution is 2.23. The first kappa shape index (κ1) is 48.9. The molecule has 21 nitrogen and oxygen atoms in total. The van der Waals surface area contributed by atoms with Gasteiger partial charge in [-0.25, -0.2) is 4.79 Å². The number of aliphatic hydroxyl groups excluding tert-OH is 2. The van der Waals surface area contributed by atoms with E-state index in [1.54, 1.807) is 6.20 Å². The van der Waals surface area contributed by atoms with E-state index in [4.69, 9.17) is 17.2 Å². The number of carbonyl (C=O) groups excluding carboxylic acids is 6. The van der Waals surface area contributed by atoms with Crippen molar-refractivity contribution < 1.29 is 48.9 Å². The Labute approximate surface area is 360 Å². The molecule has 2 aliphatic rings. The molecule has 2 aliphatic heterocycles. The molecule has 6 amide bonds. The van der Waals surface area contributed by atoms with Crippen LogP contribution in [0.4, 0.5) is 0 Å². The van der Waals surface area contributed by atoms with Gasteiger partial charge in [0.25, 0.3) is 0 Å². The number of aliphatic imine (C=N–C) groups is 1. The fourth-order valence-electron chi connectivity index (χ4n) is 7.90. The highest BCUT2D eigenvalue weighted by molar-refractivity contribution is 5.98. The van der Waals surface area contributed by atoms with Crippen molar-refractivity contribution in [2.45, 2.75) is 134 Å². The highest BCUT2D eigenvalue weighted by Gasteiger charge is 2.42. The van der Waals surface area contributed by atoms with E-state index in [0.717, 1.165) is 21.4 Å². The molecule has 14 N–H and O–H groups in total. The number of aliphatic carboxylic acids is 1. The number of nitrogens with two attached hydrogens (primary N) is 3. The fourth-order valence-corrected chi connectivity index (χ4v) is 7.90. The van der Waals surface area contributed by atoms with Crippen molar-refractivity contribution in [2.75, 3.05) is 19.6 Å². The number of aromatic nitrogens is 1. The molecule has 4 rings (SSSR count). The Bertz CT molecular complexity index is 1950. The van der Waals surface area contributed by atoms with Gasteiger partial charge in [0.2, 0.25) is 35.4 Å². The van der Waals surface area contributed by atoms with E-state index in [2.05, 4.69) is 31.2 Å². The standard InChI is InChI=1S/C41H63N11O10/c1-21(2)18-29(35(56)50-33(23(4)54)39(60)52-17-9-14-31(52)40(61)62)48-36(57)30-13-8-16-51(30)38(59)28(12-7-15-45-41(43)44)47-37(58)32(22(3)53)49-34(55)26(42)19-24-20-46-27-11-6-5-10-25(24)27/h5-6,10-11,20-23,26,28-33,46,53-54H,7-9,12-19,42H2,1-4H3,(H,47,58)(H,48,57)(H,49,55)(H,50,56)(H,61,62)(H4,43,44,45)/t22-,23-,26+,28+,29+,30+,31+,32+,33+/m1/s1. The number of nitrogens with zero attached hydrogens (tertiary/aromatic N) is 3. The number of amides is 6. The molecular weight excluding hydrogens is 807 g/mol. The van der Waals surface area contributed by atoms with Crippen LogP contribution in [0.3, 0.4) is 0 Å². The molecule has 2 saturated heterocycles. The molecule has 0 spiro atoms. The number of carbonyl (C=O) groups is 7. The minimum atomic E-state index is -1.52. The Morgan fingerprint density at radius 1 is 0.806 bits per heavy atom. The lowest BCUT2D eigenvalue weighted by atomic mass is 10.0. The minimum Gasteiger partial charge on any atom is -0.480 e. The van der Waals surface area contributed by atoms with E-state index in [9.17, 15) is 48.9 Å². The van der Waals surface area contributed by atoms with Gasteiger partial charge in [0.15, 0.2) is 5.96 Å². The van der Waals surface area contributed by atoms with Gasteiger partial charge in [-0.3, -0.25) is 33.8 Å². The molecule has 342 valence electrons. The van der Waals surface area contributed by atoms with Crippen LogP contribution in [-0.2, 0) is 40.0 Å². The van der Waals surface area contributed by atoms with Crippen LogP contribution in [0.25, 0.3) is 10.9 Å². The molecule has 21 heteroatoms. The molecule has 62 heavy (non-hydrogen) atoms. The summed E-state index contributed by atoms with van der Waals surface area (Å²) in [6, 6.07) is -1.29. The normalized spacial score (nSPS) is 19.7. The van der Waals surface area contributed by atoms with Gasteiger partial charge in [-0.1, -0.05) is 32.0 Å². The second-order valence-electron chi connectivity index (χ2n) is 16.5. The van der Waals surface area contributed by atoms with Crippen molar-refractivity contribution in [1.29, 1.82) is 0 Å². The van der Waals surface area contributed by atoms with Crippen molar-refractivity contribution in [1.82, 2.24) is 36.1 Å². The van der Waals surface area contributed by atoms with E-state index in [-0.39, 0.29) is 70.0 Å². The number of carboxylic acids is 1. The van der Waals surface area contributed by atoms with Crippen LogP contribution in [-0.4, -0.2) is 152 Å². The first-order chi connectivity index (χ1) is 29.3. The zero-order valence-corrected chi connectivity index (χ0v) is 35.7. The molecule has 1 aromatic carbocycles. The molecule has 2 fully saturated rings. The van der Waals surface area contributed by atoms with Crippen LogP contribution in [0.5, 0.6) is 0 Å². The van der Waals surface area contributed by atoms with Gasteiger partial charge in [-0.05, 0) is 82.8 Å². The molecule has 1 aromatic heterocycles. The molecular formula is C41H63N11O10. The van der Waals surface area contributed by atoms with E-state index in [0.29, 0.717) is 12.8 Å². The number of benzene rings is 1. The van der Waals surface area contributed by atoms with Crippen molar-refractivity contribution >= 4 is 58.3 Å². The molecule has 0 bridgehead atoms. The van der Waals surface area contributed by atoms with Gasteiger partial charge >= 0.3 is 5.97 Å². The Kier molecular flexibility index (Phi) is 17.6. The maximum absolute atomic E-state index is 14.3. The molecule has 9 atom stereocenters. The summed E-state index contributed by atoms with van der Waals surface area (Å²) < 4.78 is 0. The Hall–Kier alpha value is -5.80. The lowest BCUT2D eigenvalue weighted by molar-refractivity contribution is -0.151. The molecule has 0 unspecified atom stereocenters. The topological polar surface area (TPSA) is 341 Å². The summed E-state index contributed by atoms with van der Waals surface area (Å²) in [6.07, 6.45) is 0.655. The second-order valence-corrected chi connectivity index (χ2v) is 16.5. The molecule has 2 aromatic rings. The third kappa shape index (κ3) is 12.9. The van der Waals surface area contributed by atoms with Gasteiger partial charge in [0.05, 0.1) is 18.2 Å². The van der Waals surface area contributed by atoms with Crippen LogP contribution in [0.2, 0.25) is 0 Å². The Morgan fingerprint density at radius 2 is 1.42 bits per heavy atom. The monoisotopic (exact) mass is 869 g/mol. The number of rotatable bonds is 21. The number of H-pyrrole nitrogens is 1. The first-order valence-electron chi connectivity index (χ1n) is 21.1. The lowest BCUT2D eigenvalue weighted by Crippen LogP contribution is -2.61. The number of hydrogen-bond donors (Lipinski definition) is 11. The number of aliphatic hydroxyl groups is 2. The van der Waals surface area contributed by atoms with Gasteiger partial charge < -0.3 is 68.6 Å². The van der Waals surface area contributed by atoms with E-state index >= 15 is 0 Å². The summed E-state index contributed by atoms with van der Waals surface area (Å²) in [7, 11) is 0. The molecule has 0 radical (unpaired) electrons. The maximum atomic E-state index is 14.3. The van der Waals surface area contributed by atoms with Gasteiger partial charge in [-0.15, -0.1) is 0 Å². The summed E-state index contributed by atoms with van der Waals surface area (Å²) in [5.74, 6) is -5.99. The maximum Gasteiger partial charge on any atom is 0.326 e. The number of hydrogen-bond acceptors (Lipinski definition) is 11. The third-order valence-corrected chi connectivity index (χ3v) is 11.1. The van der Waals surface area contributed by atoms with Gasteiger partial charge in [0.1, 0.15) is 36.3 Å². The second kappa shape index (κ2) is 22.3. The Morgan fingerprint density at radius 3 is 2.03 bits per heavy atom. The molecule has 0 aliphatic carbocycles. The summed E-state index contributed by atoms with van der Waals surface area (Å²) in [6.45, 7) is 6.57. The van der Waals surface area contributed by atoms with Crippen molar-refractivity contribution in [3.8, 4) is 0 Å². The summed E-state index contributed by atoms with van der Waals surface area (Å²) in [5, 5.41) is 42.1. The van der Waals surface area contributed by atoms with Crippen LogP contribution in [0.1, 0.15) is 78.2 Å². The van der Waals surface area contributed by atoms with E-state index < -0.39 is 95.9 Å². The predicted octanol–water partition coefficient (Wildman–Crippen LogP) is -2.10. The van der Waals surface area contributed by atoms with Crippen LogP contribution in [0, 0.1) is 5.92 Å².